The van der Waals surface area contributed by atoms with Crippen LogP contribution in [0.25, 0.3) is 17.3 Å². The molecule has 3 aromatic rings. The molecule has 1 aromatic heterocycles. The lowest BCUT2D eigenvalue weighted by Crippen LogP contribution is -2.13. The fraction of sp³-hybridized carbons (Fsp3) is 0.136. The van der Waals surface area contributed by atoms with E-state index in [-0.39, 0.29) is 5.57 Å². The summed E-state index contributed by atoms with van der Waals surface area (Å²) in [6.45, 7) is 2.05. The Bertz CT molecular complexity index is 1080. The number of halogens is 1. The number of thiazole rings is 1. The maximum absolute atomic E-state index is 12.6. The van der Waals surface area contributed by atoms with Gasteiger partial charge in [0.1, 0.15) is 17.4 Å². The first kappa shape index (κ1) is 20.8. The van der Waals surface area contributed by atoms with E-state index >= 15 is 0 Å². The number of anilines is 1. The van der Waals surface area contributed by atoms with E-state index in [1.54, 1.807) is 37.5 Å². The summed E-state index contributed by atoms with van der Waals surface area (Å²) in [6, 6.07) is 17.0. The van der Waals surface area contributed by atoms with Crippen LogP contribution in [0, 0.1) is 11.3 Å². The predicted molar refractivity (Wildman–Crippen MR) is 120 cm³/mol. The molecule has 0 saturated carbocycles. The van der Waals surface area contributed by atoms with E-state index in [0.29, 0.717) is 10.9 Å². The second-order valence-corrected chi connectivity index (χ2v) is 8.05. The van der Waals surface area contributed by atoms with Crippen molar-refractivity contribution >= 4 is 44.4 Å². The van der Waals surface area contributed by atoms with E-state index < -0.39 is 5.91 Å². The number of nitrogens with one attached hydrogen (secondary N) is 1. The molecule has 0 saturated heterocycles. The molecule has 0 atom stereocenters. The van der Waals surface area contributed by atoms with Gasteiger partial charge in [-0.05, 0) is 42.3 Å². The third-order valence-corrected chi connectivity index (χ3v) is 5.79. The van der Waals surface area contributed by atoms with Crippen molar-refractivity contribution in [3.63, 3.8) is 0 Å². The summed E-state index contributed by atoms with van der Waals surface area (Å²) in [7, 11) is 1.58. The zero-order valence-corrected chi connectivity index (χ0v) is 18.3. The predicted octanol–water partition coefficient (Wildman–Crippen LogP) is 5.69. The fourth-order valence-electron chi connectivity index (χ4n) is 2.66. The van der Waals surface area contributed by atoms with E-state index in [1.807, 2.05) is 37.3 Å². The van der Waals surface area contributed by atoms with Crippen LogP contribution in [0.15, 0.2) is 58.6 Å². The molecule has 29 heavy (non-hydrogen) atoms. The first-order valence-electron chi connectivity index (χ1n) is 8.87. The highest BCUT2D eigenvalue weighted by Gasteiger charge is 2.16. The fourth-order valence-corrected chi connectivity index (χ4v) is 3.84. The summed E-state index contributed by atoms with van der Waals surface area (Å²) in [5.74, 6) is 0.225. The Morgan fingerprint density at radius 2 is 1.93 bits per heavy atom. The first-order valence-corrected chi connectivity index (χ1v) is 10.5. The number of aromatic nitrogens is 1. The summed E-state index contributed by atoms with van der Waals surface area (Å²) in [5, 5.41) is 12.6. The van der Waals surface area contributed by atoms with Crippen molar-refractivity contribution in [1.82, 2.24) is 4.98 Å². The van der Waals surface area contributed by atoms with Crippen LogP contribution in [0.1, 0.15) is 17.4 Å². The summed E-state index contributed by atoms with van der Waals surface area (Å²) in [4.78, 5) is 18.3. The molecular weight excluding hydrogens is 450 g/mol. The summed E-state index contributed by atoms with van der Waals surface area (Å²) in [5.41, 5.74) is 2.57. The number of hydrogen-bond donors (Lipinski definition) is 1. The van der Waals surface area contributed by atoms with E-state index in [9.17, 15) is 10.1 Å². The van der Waals surface area contributed by atoms with Crippen molar-refractivity contribution in [1.29, 1.82) is 5.26 Å². The van der Waals surface area contributed by atoms with E-state index in [1.165, 1.54) is 11.3 Å². The van der Waals surface area contributed by atoms with Gasteiger partial charge in [-0.3, -0.25) is 10.1 Å². The first-order chi connectivity index (χ1) is 14.0. The Balaban J connectivity index is 1.82. The number of amides is 1. The normalized spacial score (nSPS) is 11.0. The number of carbonyl (C=O) groups is 1. The van der Waals surface area contributed by atoms with Gasteiger partial charge in [-0.15, -0.1) is 11.3 Å². The summed E-state index contributed by atoms with van der Waals surface area (Å²) < 4.78 is 6.11. The van der Waals surface area contributed by atoms with Gasteiger partial charge in [0.15, 0.2) is 5.13 Å². The van der Waals surface area contributed by atoms with Crippen molar-refractivity contribution in [2.24, 2.45) is 0 Å². The van der Waals surface area contributed by atoms with E-state index in [4.69, 9.17) is 4.74 Å². The Labute approximate surface area is 181 Å². The van der Waals surface area contributed by atoms with Crippen LogP contribution in [-0.4, -0.2) is 18.0 Å². The Morgan fingerprint density at radius 3 is 2.52 bits per heavy atom. The molecule has 7 heteroatoms. The molecule has 0 radical (unpaired) electrons. The average Bonchev–Trinajstić information content (AvgIpc) is 3.15. The van der Waals surface area contributed by atoms with Crippen LogP contribution in [0.2, 0.25) is 0 Å². The van der Waals surface area contributed by atoms with Gasteiger partial charge < -0.3 is 4.74 Å². The van der Waals surface area contributed by atoms with Gasteiger partial charge in [0.05, 0.1) is 12.8 Å². The number of nitriles is 1. The minimum absolute atomic E-state index is 0.00797. The van der Waals surface area contributed by atoms with Crippen molar-refractivity contribution in [2.45, 2.75) is 13.3 Å². The molecule has 1 heterocycles. The lowest BCUT2D eigenvalue weighted by molar-refractivity contribution is -0.112. The van der Waals surface area contributed by atoms with Crippen LogP contribution in [-0.2, 0) is 11.2 Å². The largest absolute Gasteiger partial charge is 0.497 e. The minimum Gasteiger partial charge on any atom is -0.497 e. The zero-order valence-electron chi connectivity index (χ0n) is 15.9. The third kappa shape index (κ3) is 5.11. The molecule has 1 N–H and O–H groups in total. The molecule has 0 aliphatic carbocycles. The van der Waals surface area contributed by atoms with Crippen LogP contribution in [0.5, 0.6) is 5.75 Å². The van der Waals surface area contributed by atoms with Crippen molar-refractivity contribution < 1.29 is 9.53 Å². The van der Waals surface area contributed by atoms with Crippen LogP contribution in [0.4, 0.5) is 5.13 Å². The SMILES string of the molecule is CCc1sc(NC(=O)/C(C#N)=C/c2ccc(OC)cc2)nc1-c1ccc(Br)cc1. The highest BCUT2D eigenvalue weighted by atomic mass is 79.9. The van der Waals surface area contributed by atoms with E-state index in [2.05, 4.69) is 26.2 Å². The molecule has 2 aromatic carbocycles. The second-order valence-electron chi connectivity index (χ2n) is 6.05. The highest BCUT2D eigenvalue weighted by Crippen LogP contribution is 2.32. The standard InChI is InChI=1S/C22H18BrN3O2S/c1-3-19-20(15-6-8-17(23)9-7-15)25-22(29-19)26-21(27)16(13-24)12-14-4-10-18(28-2)11-5-14/h4-12H,3H2,1-2H3,(H,25,26,27)/b16-12+. The molecule has 3 rings (SSSR count). The van der Waals surface area contributed by atoms with Gasteiger partial charge in [0.2, 0.25) is 0 Å². The maximum atomic E-state index is 12.6. The second kappa shape index (κ2) is 9.50. The Kier molecular flexibility index (Phi) is 6.81. The lowest BCUT2D eigenvalue weighted by Gasteiger charge is -2.02. The Morgan fingerprint density at radius 1 is 1.24 bits per heavy atom. The summed E-state index contributed by atoms with van der Waals surface area (Å²) >= 11 is 4.85. The van der Waals surface area contributed by atoms with Crippen LogP contribution >= 0.6 is 27.3 Å². The molecule has 1 amide bonds. The molecule has 0 aliphatic heterocycles. The number of methoxy groups -OCH3 is 1. The number of carbonyl (C=O) groups excluding carboxylic acids is 1. The third-order valence-electron chi connectivity index (χ3n) is 4.15. The zero-order chi connectivity index (χ0) is 20.8. The molecule has 0 bridgehead atoms. The quantitative estimate of drug-likeness (QED) is 0.373. The van der Waals surface area contributed by atoms with Gasteiger partial charge in [-0.25, -0.2) is 4.98 Å². The average molecular weight is 468 g/mol. The molecule has 0 spiro atoms. The molecular formula is C22H18BrN3O2S. The van der Waals surface area contributed by atoms with Crippen molar-refractivity contribution in [3.8, 4) is 23.1 Å². The molecule has 0 aliphatic rings. The van der Waals surface area contributed by atoms with Crippen LogP contribution in [0.3, 0.4) is 0 Å². The molecule has 0 unspecified atom stereocenters. The maximum Gasteiger partial charge on any atom is 0.268 e. The number of benzene rings is 2. The highest BCUT2D eigenvalue weighted by molar-refractivity contribution is 9.10. The minimum atomic E-state index is -0.484. The van der Waals surface area contributed by atoms with Gasteiger partial charge in [-0.1, -0.05) is 47.1 Å². The van der Waals surface area contributed by atoms with E-state index in [0.717, 1.165) is 32.6 Å². The number of hydrogen-bond acceptors (Lipinski definition) is 5. The Hall–Kier alpha value is -2.95. The molecule has 146 valence electrons. The summed E-state index contributed by atoms with van der Waals surface area (Å²) in [6.07, 6.45) is 2.34. The van der Waals surface area contributed by atoms with Gasteiger partial charge >= 0.3 is 0 Å². The number of rotatable bonds is 6. The monoisotopic (exact) mass is 467 g/mol. The smallest absolute Gasteiger partial charge is 0.268 e. The molecule has 0 fully saturated rings. The van der Waals surface area contributed by atoms with Crippen molar-refractivity contribution in [3.05, 3.63) is 69.0 Å². The number of nitrogens with zero attached hydrogens (tertiary/aromatic N) is 2. The topological polar surface area (TPSA) is 75.0 Å². The van der Waals surface area contributed by atoms with Gasteiger partial charge in [0, 0.05) is 14.9 Å². The van der Waals surface area contributed by atoms with Gasteiger partial charge in [0.25, 0.3) is 5.91 Å². The lowest BCUT2D eigenvalue weighted by atomic mass is 10.1. The van der Waals surface area contributed by atoms with Crippen molar-refractivity contribution in [2.75, 3.05) is 12.4 Å². The van der Waals surface area contributed by atoms with Crippen LogP contribution < -0.4 is 10.1 Å². The van der Waals surface area contributed by atoms with Gasteiger partial charge in [-0.2, -0.15) is 5.26 Å². The number of aryl methyl sites for hydroxylation is 1. The molecule has 5 nitrogen and oxygen atoms in total. The number of ether oxygens (including phenoxy) is 1.